The fourth-order valence-electron chi connectivity index (χ4n) is 2.85. The zero-order valence-corrected chi connectivity index (χ0v) is 16.3. The highest BCUT2D eigenvalue weighted by atomic mass is 16.3. The molecule has 0 radical (unpaired) electrons. The molecule has 0 saturated heterocycles. The number of rotatable bonds is 12. The van der Waals surface area contributed by atoms with Crippen LogP contribution < -0.4 is 16.0 Å². The van der Waals surface area contributed by atoms with E-state index in [0.29, 0.717) is 38.3 Å². The third kappa shape index (κ3) is 8.30. The minimum Gasteiger partial charge on any atom is -0.395 e. The number of carbonyl (C=O) groups excluding carboxylic acids is 2. The molecule has 0 bridgehead atoms. The fraction of sp³-hybridized carbons (Fsp3) is 0.333. The molecule has 0 heterocycles. The molecule has 0 fully saturated rings. The number of nitrogens with zero attached hydrogens (tertiary/aromatic N) is 1. The summed E-state index contributed by atoms with van der Waals surface area (Å²) in [4.78, 5) is 24.3. The number of hydrogen-bond donors (Lipinski definition) is 5. The topological polar surface area (TPSA) is 114 Å². The molecule has 0 aliphatic rings. The molecule has 0 atom stereocenters. The quantitative estimate of drug-likeness (QED) is 0.344. The predicted octanol–water partition coefficient (Wildman–Crippen LogP) is 1.25. The summed E-state index contributed by atoms with van der Waals surface area (Å²) < 4.78 is 0. The third-order valence-electron chi connectivity index (χ3n) is 4.35. The lowest BCUT2D eigenvalue weighted by molar-refractivity contribution is -0.105. The van der Waals surface area contributed by atoms with Crippen LogP contribution in [0.1, 0.15) is 11.1 Å². The molecular weight excluding hydrogens is 372 g/mol. The summed E-state index contributed by atoms with van der Waals surface area (Å²) in [6.45, 7) is 1.91. The monoisotopic (exact) mass is 400 g/mol. The van der Waals surface area contributed by atoms with Crippen molar-refractivity contribution >= 4 is 23.8 Å². The van der Waals surface area contributed by atoms with Crippen LogP contribution >= 0.6 is 0 Å². The van der Waals surface area contributed by atoms with Gasteiger partial charge in [-0.1, -0.05) is 24.3 Å². The summed E-state index contributed by atoms with van der Waals surface area (Å²) in [7, 11) is 0. The fourth-order valence-corrected chi connectivity index (χ4v) is 2.85. The SMILES string of the molecule is O=CNc1ccc(Cc2ccc(NC(=O)NCCN(CCO)CCO)cc2)cc1. The largest absolute Gasteiger partial charge is 0.395 e. The Labute approximate surface area is 170 Å². The van der Waals surface area contributed by atoms with Gasteiger partial charge in [-0.3, -0.25) is 9.69 Å². The average molecular weight is 400 g/mol. The smallest absolute Gasteiger partial charge is 0.319 e. The molecule has 0 saturated carbocycles. The van der Waals surface area contributed by atoms with E-state index in [2.05, 4.69) is 16.0 Å². The van der Waals surface area contributed by atoms with E-state index in [1.807, 2.05) is 53.4 Å². The first-order chi connectivity index (χ1) is 14.1. The molecule has 8 heteroatoms. The third-order valence-corrected chi connectivity index (χ3v) is 4.35. The molecule has 0 aromatic heterocycles. The molecule has 2 rings (SSSR count). The van der Waals surface area contributed by atoms with Crippen molar-refractivity contribution in [2.75, 3.05) is 50.0 Å². The van der Waals surface area contributed by atoms with Crippen molar-refractivity contribution in [2.45, 2.75) is 6.42 Å². The van der Waals surface area contributed by atoms with Gasteiger partial charge in [-0.2, -0.15) is 0 Å². The number of hydrogen-bond acceptors (Lipinski definition) is 5. The van der Waals surface area contributed by atoms with Gasteiger partial charge in [-0.15, -0.1) is 0 Å². The molecule has 2 aromatic carbocycles. The zero-order valence-electron chi connectivity index (χ0n) is 16.3. The molecule has 2 aromatic rings. The van der Waals surface area contributed by atoms with E-state index in [4.69, 9.17) is 10.2 Å². The van der Waals surface area contributed by atoms with E-state index in [1.165, 1.54) is 0 Å². The summed E-state index contributed by atoms with van der Waals surface area (Å²) in [5.74, 6) is 0. The van der Waals surface area contributed by atoms with Gasteiger partial charge in [0, 0.05) is 37.6 Å². The van der Waals surface area contributed by atoms with Gasteiger partial charge in [-0.05, 0) is 41.8 Å². The molecule has 0 aliphatic carbocycles. The lowest BCUT2D eigenvalue weighted by atomic mass is 10.0. The van der Waals surface area contributed by atoms with E-state index in [0.717, 1.165) is 23.2 Å². The van der Waals surface area contributed by atoms with Gasteiger partial charge >= 0.3 is 6.03 Å². The first-order valence-corrected chi connectivity index (χ1v) is 9.51. The van der Waals surface area contributed by atoms with Crippen LogP contribution in [0.2, 0.25) is 0 Å². The van der Waals surface area contributed by atoms with E-state index in [1.54, 1.807) is 0 Å². The van der Waals surface area contributed by atoms with Crippen molar-refractivity contribution in [1.29, 1.82) is 0 Å². The van der Waals surface area contributed by atoms with Crippen molar-refractivity contribution in [1.82, 2.24) is 10.2 Å². The maximum absolute atomic E-state index is 12.0. The Hall–Kier alpha value is -2.94. The van der Waals surface area contributed by atoms with E-state index >= 15 is 0 Å². The number of nitrogens with one attached hydrogen (secondary N) is 3. The van der Waals surface area contributed by atoms with Crippen LogP contribution in [-0.2, 0) is 11.2 Å². The summed E-state index contributed by atoms with van der Waals surface area (Å²) in [5.41, 5.74) is 3.68. The molecule has 0 unspecified atom stereocenters. The van der Waals surface area contributed by atoms with Gasteiger partial charge in [0.05, 0.1) is 13.2 Å². The number of urea groups is 1. The van der Waals surface area contributed by atoms with Crippen molar-refractivity contribution in [3.63, 3.8) is 0 Å². The van der Waals surface area contributed by atoms with Crippen LogP contribution in [0.5, 0.6) is 0 Å². The van der Waals surface area contributed by atoms with Gasteiger partial charge in [0.15, 0.2) is 0 Å². The van der Waals surface area contributed by atoms with E-state index in [9.17, 15) is 9.59 Å². The van der Waals surface area contributed by atoms with Gasteiger partial charge < -0.3 is 26.2 Å². The maximum Gasteiger partial charge on any atom is 0.319 e. The van der Waals surface area contributed by atoms with Crippen molar-refractivity contribution in [3.05, 3.63) is 59.7 Å². The number of carbonyl (C=O) groups is 2. The highest BCUT2D eigenvalue weighted by molar-refractivity contribution is 5.89. The Bertz CT molecular complexity index is 744. The molecule has 156 valence electrons. The number of aliphatic hydroxyl groups is 2. The summed E-state index contributed by atoms with van der Waals surface area (Å²) in [6.07, 6.45) is 1.40. The van der Waals surface area contributed by atoms with Crippen LogP contribution in [0.25, 0.3) is 0 Å². The molecule has 5 N–H and O–H groups in total. The van der Waals surface area contributed by atoms with Gasteiger partial charge in [0.1, 0.15) is 0 Å². The molecule has 3 amide bonds. The highest BCUT2D eigenvalue weighted by Gasteiger charge is 2.06. The lowest BCUT2D eigenvalue weighted by Gasteiger charge is -2.20. The second-order valence-electron chi connectivity index (χ2n) is 6.50. The highest BCUT2D eigenvalue weighted by Crippen LogP contribution is 2.15. The molecular formula is C21H28N4O4. The van der Waals surface area contributed by atoms with Crippen molar-refractivity contribution < 1.29 is 19.8 Å². The first kappa shape index (κ1) is 22.4. The molecule has 0 aliphatic heterocycles. The molecule has 8 nitrogen and oxygen atoms in total. The Morgan fingerprint density at radius 2 is 1.41 bits per heavy atom. The normalized spacial score (nSPS) is 10.6. The van der Waals surface area contributed by atoms with E-state index < -0.39 is 0 Å². The maximum atomic E-state index is 12.0. The second-order valence-corrected chi connectivity index (χ2v) is 6.50. The van der Waals surface area contributed by atoms with Crippen LogP contribution in [0.4, 0.5) is 16.2 Å². The second kappa shape index (κ2) is 12.5. The summed E-state index contributed by atoms with van der Waals surface area (Å²) in [6, 6.07) is 14.9. The zero-order chi connectivity index (χ0) is 20.9. The standard InChI is InChI=1S/C21H28N4O4/c26-13-11-25(12-14-27)10-9-22-21(29)24-20-7-3-18(4-8-20)15-17-1-5-19(6-2-17)23-16-28/h1-8,16,26-27H,9-15H2,(H,23,28)(H2,22,24,29). The van der Waals surface area contributed by atoms with Crippen LogP contribution in [-0.4, -0.2) is 66.9 Å². The van der Waals surface area contributed by atoms with Gasteiger partial charge in [-0.25, -0.2) is 4.79 Å². The Balaban J connectivity index is 1.77. The van der Waals surface area contributed by atoms with Crippen LogP contribution in [0.3, 0.4) is 0 Å². The number of benzene rings is 2. The van der Waals surface area contributed by atoms with Crippen molar-refractivity contribution in [3.8, 4) is 0 Å². The lowest BCUT2D eigenvalue weighted by Crippen LogP contribution is -2.39. The van der Waals surface area contributed by atoms with Gasteiger partial charge in [0.2, 0.25) is 6.41 Å². The molecule has 0 spiro atoms. The Morgan fingerprint density at radius 1 is 0.862 bits per heavy atom. The minimum absolute atomic E-state index is 0.0122. The number of aliphatic hydroxyl groups excluding tert-OH is 2. The average Bonchev–Trinajstić information content (AvgIpc) is 2.71. The Morgan fingerprint density at radius 3 is 1.93 bits per heavy atom. The minimum atomic E-state index is -0.302. The van der Waals surface area contributed by atoms with Crippen molar-refractivity contribution in [2.24, 2.45) is 0 Å². The predicted molar refractivity (Wildman–Crippen MR) is 113 cm³/mol. The summed E-state index contributed by atoms with van der Waals surface area (Å²) >= 11 is 0. The summed E-state index contributed by atoms with van der Waals surface area (Å²) in [5, 5.41) is 26.1. The van der Waals surface area contributed by atoms with Gasteiger partial charge in [0.25, 0.3) is 0 Å². The van der Waals surface area contributed by atoms with Crippen LogP contribution in [0, 0.1) is 0 Å². The first-order valence-electron chi connectivity index (χ1n) is 9.51. The van der Waals surface area contributed by atoms with Crippen LogP contribution in [0.15, 0.2) is 48.5 Å². The number of anilines is 2. The van der Waals surface area contributed by atoms with E-state index in [-0.39, 0.29) is 19.2 Å². The molecule has 29 heavy (non-hydrogen) atoms. The number of amides is 3. The Kier molecular flexibility index (Phi) is 9.64.